The van der Waals surface area contributed by atoms with E-state index in [-0.39, 0.29) is 10.4 Å². The lowest BCUT2D eigenvalue weighted by Gasteiger charge is -2.11. The summed E-state index contributed by atoms with van der Waals surface area (Å²) >= 11 is 24.0. The van der Waals surface area contributed by atoms with E-state index < -0.39 is 11.4 Å². The molecule has 9 heteroatoms. The summed E-state index contributed by atoms with van der Waals surface area (Å²) in [5, 5.41) is 1.65. The largest absolute Gasteiger partial charge is 0.493 e. The van der Waals surface area contributed by atoms with Gasteiger partial charge in [0.2, 0.25) is 0 Å². The SMILES string of the molecule is O=c1oc(=O)n(CCCCOc2cc(Cl)cc(Cl)c2)c2c(Cl)cc(Cl)cc12. The third-order valence-electron chi connectivity index (χ3n) is 3.80. The van der Waals surface area contributed by atoms with Gasteiger partial charge < -0.3 is 9.15 Å². The zero-order chi connectivity index (χ0) is 19.6. The maximum absolute atomic E-state index is 12.1. The van der Waals surface area contributed by atoms with E-state index in [4.69, 9.17) is 55.6 Å². The van der Waals surface area contributed by atoms with E-state index in [1.54, 1.807) is 18.2 Å². The highest BCUT2D eigenvalue weighted by molar-refractivity contribution is 6.38. The van der Waals surface area contributed by atoms with Crippen LogP contribution in [0.25, 0.3) is 10.9 Å². The molecule has 0 unspecified atom stereocenters. The Labute approximate surface area is 174 Å². The van der Waals surface area contributed by atoms with Crippen molar-refractivity contribution in [3.05, 3.63) is 71.4 Å². The Hall–Kier alpha value is -1.66. The quantitative estimate of drug-likeness (QED) is 0.472. The van der Waals surface area contributed by atoms with E-state index in [2.05, 4.69) is 0 Å². The van der Waals surface area contributed by atoms with Gasteiger partial charge in [-0.2, -0.15) is 0 Å². The smallest absolute Gasteiger partial charge is 0.422 e. The molecule has 3 aromatic rings. The first kappa shape index (κ1) is 20.1. The summed E-state index contributed by atoms with van der Waals surface area (Å²) < 4.78 is 11.7. The molecule has 0 aliphatic carbocycles. The molecule has 0 aliphatic heterocycles. The number of hydrogen-bond donors (Lipinski definition) is 0. The van der Waals surface area contributed by atoms with Gasteiger partial charge in [-0.1, -0.05) is 46.4 Å². The molecular formula is C18H13Cl4NO4. The van der Waals surface area contributed by atoms with Gasteiger partial charge in [0.25, 0.3) is 0 Å². The first-order valence-electron chi connectivity index (χ1n) is 7.97. The van der Waals surface area contributed by atoms with E-state index in [0.29, 0.717) is 52.3 Å². The molecule has 0 atom stereocenters. The fourth-order valence-corrected chi connectivity index (χ4v) is 3.75. The lowest BCUT2D eigenvalue weighted by Crippen LogP contribution is -2.25. The van der Waals surface area contributed by atoms with Crippen molar-refractivity contribution in [3.8, 4) is 5.75 Å². The number of rotatable bonds is 6. The Morgan fingerprint density at radius 2 is 1.56 bits per heavy atom. The van der Waals surface area contributed by atoms with Crippen LogP contribution in [0.1, 0.15) is 12.8 Å². The number of unbranched alkanes of at least 4 members (excludes halogenated alkanes) is 1. The molecule has 5 nitrogen and oxygen atoms in total. The molecule has 0 saturated carbocycles. The third kappa shape index (κ3) is 4.79. The second kappa shape index (κ2) is 8.57. The summed E-state index contributed by atoms with van der Waals surface area (Å²) in [5.41, 5.74) is -0.457. The van der Waals surface area contributed by atoms with E-state index in [1.807, 2.05) is 0 Å². The molecule has 1 aromatic heterocycles. The number of halogens is 4. The number of fused-ring (bicyclic) bond motifs is 1. The van der Waals surface area contributed by atoms with Crippen molar-refractivity contribution in [3.63, 3.8) is 0 Å². The molecule has 0 N–H and O–H groups in total. The molecule has 0 saturated heterocycles. The lowest BCUT2D eigenvalue weighted by atomic mass is 10.2. The zero-order valence-electron chi connectivity index (χ0n) is 13.8. The molecule has 0 amide bonds. The van der Waals surface area contributed by atoms with Crippen molar-refractivity contribution < 1.29 is 9.15 Å². The van der Waals surface area contributed by atoms with Gasteiger partial charge in [-0.15, -0.1) is 0 Å². The fraction of sp³-hybridized carbons (Fsp3) is 0.222. The summed E-state index contributed by atoms with van der Waals surface area (Å²) in [4.78, 5) is 24.0. The van der Waals surface area contributed by atoms with Gasteiger partial charge in [0.15, 0.2) is 0 Å². The highest BCUT2D eigenvalue weighted by atomic mass is 35.5. The van der Waals surface area contributed by atoms with Crippen molar-refractivity contribution in [2.75, 3.05) is 6.61 Å². The summed E-state index contributed by atoms with van der Waals surface area (Å²) in [7, 11) is 0. The molecule has 0 fully saturated rings. The monoisotopic (exact) mass is 447 g/mol. The number of ether oxygens (including phenoxy) is 1. The van der Waals surface area contributed by atoms with Crippen molar-refractivity contribution in [2.24, 2.45) is 0 Å². The van der Waals surface area contributed by atoms with Crippen LogP contribution in [0, 0.1) is 0 Å². The molecule has 0 aliphatic rings. The van der Waals surface area contributed by atoms with E-state index in [9.17, 15) is 9.59 Å². The Kier molecular flexibility index (Phi) is 6.37. The second-order valence-electron chi connectivity index (χ2n) is 5.75. The van der Waals surface area contributed by atoms with Crippen LogP contribution < -0.4 is 16.1 Å². The average Bonchev–Trinajstić information content (AvgIpc) is 2.56. The van der Waals surface area contributed by atoms with Gasteiger partial charge in [-0.05, 0) is 43.2 Å². The van der Waals surface area contributed by atoms with Gasteiger partial charge in [-0.25, -0.2) is 9.59 Å². The Morgan fingerprint density at radius 1 is 0.889 bits per heavy atom. The third-order valence-corrected chi connectivity index (χ3v) is 4.74. The van der Waals surface area contributed by atoms with Crippen molar-refractivity contribution in [2.45, 2.75) is 19.4 Å². The number of nitrogens with zero attached hydrogens (tertiary/aromatic N) is 1. The van der Waals surface area contributed by atoms with Gasteiger partial charge in [-0.3, -0.25) is 4.57 Å². The number of aryl methyl sites for hydroxylation is 1. The molecule has 142 valence electrons. The molecule has 1 heterocycles. The van der Waals surface area contributed by atoms with Gasteiger partial charge in [0, 0.05) is 21.6 Å². The van der Waals surface area contributed by atoms with Crippen LogP contribution >= 0.6 is 46.4 Å². The molecular weight excluding hydrogens is 436 g/mol. The second-order valence-corrected chi connectivity index (χ2v) is 7.47. The van der Waals surface area contributed by atoms with Crippen LogP contribution in [0.5, 0.6) is 5.75 Å². The highest BCUT2D eigenvalue weighted by Gasteiger charge is 2.13. The first-order valence-corrected chi connectivity index (χ1v) is 9.48. The van der Waals surface area contributed by atoms with E-state index in [0.717, 1.165) is 0 Å². The zero-order valence-corrected chi connectivity index (χ0v) is 16.8. The molecule has 0 bridgehead atoms. The van der Waals surface area contributed by atoms with Crippen molar-refractivity contribution >= 4 is 57.3 Å². The number of benzene rings is 2. The minimum absolute atomic E-state index is 0.164. The minimum Gasteiger partial charge on any atom is -0.493 e. The Balaban J connectivity index is 1.70. The van der Waals surface area contributed by atoms with Crippen molar-refractivity contribution in [1.82, 2.24) is 4.57 Å². The van der Waals surface area contributed by atoms with E-state index in [1.165, 1.54) is 16.7 Å². The summed E-state index contributed by atoms with van der Waals surface area (Å²) in [6.45, 7) is 0.708. The molecule has 0 spiro atoms. The van der Waals surface area contributed by atoms with Crippen molar-refractivity contribution in [1.29, 1.82) is 0 Å². The van der Waals surface area contributed by atoms with Crippen LogP contribution in [0.2, 0.25) is 20.1 Å². The molecule has 0 radical (unpaired) electrons. The van der Waals surface area contributed by atoms with E-state index >= 15 is 0 Å². The summed E-state index contributed by atoms with van der Waals surface area (Å²) in [6, 6.07) is 7.86. The first-order chi connectivity index (χ1) is 12.8. The van der Waals surface area contributed by atoms with Gasteiger partial charge in [0.05, 0.1) is 22.5 Å². The van der Waals surface area contributed by atoms with Crippen LogP contribution in [0.4, 0.5) is 0 Å². The predicted molar refractivity (Wildman–Crippen MR) is 108 cm³/mol. The van der Waals surface area contributed by atoms with Gasteiger partial charge in [0.1, 0.15) is 5.75 Å². The molecule has 3 rings (SSSR count). The standard InChI is InChI=1S/C18H13Cl4NO4/c19-10-5-11(20)7-13(6-10)26-4-2-1-3-23-16-14(17(24)27-18(23)25)8-12(21)9-15(16)22/h5-9H,1-4H2. The number of hydrogen-bond acceptors (Lipinski definition) is 4. The topological polar surface area (TPSA) is 61.4 Å². The average molecular weight is 449 g/mol. The fourth-order valence-electron chi connectivity index (χ4n) is 2.65. The Bertz CT molecular complexity index is 1090. The number of aromatic nitrogens is 1. The van der Waals surface area contributed by atoms with Crippen LogP contribution in [-0.4, -0.2) is 11.2 Å². The maximum Gasteiger partial charge on any atom is 0.422 e. The Morgan fingerprint density at radius 3 is 2.26 bits per heavy atom. The van der Waals surface area contributed by atoms with Gasteiger partial charge >= 0.3 is 11.4 Å². The summed E-state index contributed by atoms with van der Waals surface area (Å²) in [5.74, 6) is -0.197. The maximum atomic E-state index is 12.1. The van der Waals surface area contributed by atoms with Crippen LogP contribution in [-0.2, 0) is 6.54 Å². The van der Waals surface area contributed by atoms with Crippen LogP contribution in [0.15, 0.2) is 44.3 Å². The molecule has 27 heavy (non-hydrogen) atoms. The lowest BCUT2D eigenvalue weighted by molar-refractivity contribution is 0.301. The highest BCUT2D eigenvalue weighted by Crippen LogP contribution is 2.26. The normalized spacial score (nSPS) is 11.1. The van der Waals surface area contributed by atoms with Crippen LogP contribution in [0.3, 0.4) is 0 Å². The predicted octanol–water partition coefficient (Wildman–Crippen LogP) is 5.43. The minimum atomic E-state index is -0.767. The molecule has 2 aromatic carbocycles. The summed E-state index contributed by atoms with van der Waals surface area (Å²) in [6.07, 6.45) is 1.23.